The van der Waals surface area contributed by atoms with Crippen LogP contribution in [0.5, 0.6) is 0 Å². The molecule has 0 spiro atoms. The Morgan fingerprint density at radius 1 is 1.00 bits per heavy atom. The predicted molar refractivity (Wildman–Crippen MR) is 84.8 cm³/mol. The maximum absolute atomic E-state index is 6.32. The van der Waals surface area contributed by atoms with Crippen molar-refractivity contribution in [2.45, 2.75) is 26.1 Å². The van der Waals surface area contributed by atoms with Crippen molar-refractivity contribution in [1.29, 1.82) is 0 Å². The highest BCUT2D eigenvalue weighted by Gasteiger charge is 2.16. The van der Waals surface area contributed by atoms with E-state index in [4.69, 9.17) is 16.6 Å². The van der Waals surface area contributed by atoms with Crippen LogP contribution < -0.4 is 0 Å². The predicted octanol–water partition coefficient (Wildman–Crippen LogP) is 4.94. The van der Waals surface area contributed by atoms with Gasteiger partial charge in [-0.25, -0.2) is 4.98 Å². The smallest absolute Gasteiger partial charge is 0.132 e. The molecule has 3 aromatic rings. The summed E-state index contributed by atoms with van der Waals surface area (Å²) in [6.07, 6.45) is 0. The monoisotopic (exact) mass is 284 g/mol. The normalized spacial score (nSPS) is 12.8. The van der Waals surface area contributed by atoms with Gasteiger partial charge < -0.3 is 0 Å². The topological polar surface area (TPSA) is 17.8 Å². The van der Waals surface area contributed by atoms with E-state index in [-0.39, 0.29) is 5.38 Å². The number of aromatic nitrogens is 2. The zero-order valence-electron chi connectivity index (χ0n) is 11.9. The van der Waals surface area contributed by atoms with Gasteiger partial charge in [-0.2, -0.15) is 0 Å². The maximum Gasteiger partial charge on any atom is 0.132 e. The maximum atomic E-state index is 6.32. The minimum Gasteiger partial charge on any atom is -0.295 e. The highest BCUT2D eigenvalue weighted by molar-refractivity contribution is 6.20. The third kappa shape index (κ3) is 2.20. The van der Waals surface area contributed by atoms with Crippen LogP contribution in [0.4, 0.5) is 0 Å². The van der Waals surface area contributed by atoms with Crippen molar-refractivity contribution in [3.8, 4) is 5.69 Å². The summed E-state index contributed by atoms with van der Waals surface area (Å²) >= 11 is 6.32. The summed E-state index contributed by atoms with van der Waals surface area (Å²) < 4.78 is 2.14. The molecule has 1 heterocycles. The average Bonchev–Trinajstić information content (AvgIpc) is 2.78. The fourth-order valence-electron chi connectivity index (χ4n) is 2.44. The molecule has 20 heavy (non-hydrogen) atoms. The molecule has 1 aromatic heterocycles. The van der Waals surface area contributed by atoms with Crippen molar-refractivity contribution in [3.63, 3.8) is 0 Å². The molecule has 0 bridgehead atoms. The first-order valence-electron chi connectivity index (χ1n) is 6.76. The molecule has 0 radical (unpaired) electrons. The van der Waals surface area contributed by atoms with Crippen molar-refractivity contribution in [2.24, 2.45) is 0 Å². The number of benzene rings is 2. The Morgan fingerprint density at radius 2 is 1.65 bits per heavy atom. The fraction of sp³-hybridized carbons (Fsp3) is 0.235. The van der Waals surface area contributed by atoms with E-state index in [2.05, 4.69) is 60.9 Å². The second-order valence-electron chi connectivity index (χ2n) is 5.25. The van der Waals surface area contributed by atoms with E-state index in [1.54, 1.807) is 0 Å². The summed E-state index contributed by atoms with van der Waals surface area (Å²) in [5.74, 6) is 0.885. The van der Waals surface area contributed by atoms with Crippen LogP contribution in [0.15, 0.2) is 42.5 Å². The molecule has 0 saturated carbocycles. The fourth-order valence-corrected chi connectivity index (χ4v) is 2.59. The number of imidazole rings is 1. The summed E-state index contributed by atoms with van der Waals surface area (Å²) in [6.45, 7) is 6.12. The second kappa shape index (κ2) is 4.95. The van der Waals surface area contributed by atoms with Crippen LogP contribution in [0.3, 0.4) is 0 Å². The number of hydrogen-bond acceptors (Lipinski definition) is 1. The molecule has 0 aliphatic heterocycles. The Kier molecular flexibility index (Phi) is 3.27. The molecule has 2 nitrogen and oxygen atoms in total. The van der Waals surface area contributed by atoms with Crippen LogP contribution in [0, 0.1) is 13.8 Å². The van der Waals surface area contributed by atoms with E-state index < -0.39 is 0 Å². The number of halogens is 1. The van der Waals surface area contributed by atoms with Gasteiger partial charge in [0.1, 0.15) is 5.82 Å². The van der Waals surface area contributed by atoms with Crippen LogP contribution in [-0.2, 0) is 0 Å². The molecule has 102 valence electrons. The highest BCUT2D eigenvalue weighted by Crippen LogP contribution is 2.28. The van der Waals surface area contributed by atoms with Gasteiger partial charge in [0.2, 0.25) is 0 Å². The van der Waals surface area contributed by atoms with E-state index in [9.17, 15) is 0 Å². The van der Waals surface area contributed by atoms with Gasteiger partial charge in [0.25, 0.3) is 0 Å². The van der Waals surface area contributed by atoms with E-state index in [1.807, 2.05) is 6.92 Å². The van der Waals surface area contributed by atoms with Crippen molar-refractivity contribution in [2.75, 3.05) is 0 Å². The first kappa shape index (κ1) is 13.2. The molecule has 0 N–H and O–H groups in total. The van der Waals surface area contributed by atoms with Crippen LogP contribution in [0.1, 0.15) is 29.3 Å². The van der Waals surface area contributed by atoms with Crippen molar-refractivity contribution >= 4 is 22.6 Å². The Morgan fingerprint density at radius 3 is 2.30 bits per heavy atom. The van der Waals surface area contributed by atoms with Crippen LogP contribution in [-0.4, -0.2) is 9.55 Å². The standard InChI is InChI=1S/C17H17ClN2/c1-11-4-7-14(8-5-11)20-16-9-6-12(2)10-15(16)19-17(20)13(3)18/h4-10,13H,1-3H3. The van der Waals surface area contributed by atoms with E-state index in [0.29, 0.717) is 0 Å². The van der Waals surface area contributed by atoms with Crippen molar-refractivity contribution in [3.05, 3.63) is 59.4 Å². The molecule has 0 amide bonds. The number of alkyl halides is 1. The molecule has 0 aliphatic rings. The molecular formula is C17H17ClN2. The minimum absolute atomic E-state index is 0.135. The Labute approximate surface area is 124 Å². The SMILES string of the molecule is Cc1ccc(-n2c(C(C)Cl)nc3cc(C)ccc32)cc1. The van der Waals surface area contributed by atoms with Gasteiger partial charge in [-0.1, -0.05) is 23.8 Å². The van der Waals surface area contributed by atoms with Crippen LogP contribution in [0.2, 0.25) is 0 Å². The lowest BCUT2D eigenvalue weighted by atomic mass is 10.2. The zero-order valence-corrected chi connectivity index (χ0v) is 12.6. The van der Waals surface area contributed by atoms with E-state index in [1.165, 1.54) is 11.1 Å². The van der Waals surface area contributed by atoms with Crippen LogP contribution in [0.25, 0.3) is 16.7 Å². The van der Waals surface area contributed by atoms with Gasteiger partial charge in [-0.05, 0) is 50.6 Å². The highest BCUT2D eigenvalue weighted by atomic mass is 35.5. The number of aryl methyl sites for hydroxylation is 2. The molecule has 0 fully saturated rings. The molecule has 3 rings (SSSR count). The zero-order chi connectivity index (χ0) is 14.3. The quantitative estimate of drug-likeness (QED) is 0.609. The average molecular weight is 285 g/mol. The molecule has 1 atom stereocenters. The van der Waals surface area contributed by atoms with Gasteiger partial charge in [-0.3, -0.25) is 4.57 Å². The van der Waals surface area contributed by atoms with Gasteiger partial charge in [0, 0.05) is 5.69 Å². The Hall–Kier alpha value is -1.80. The third-order valence-electron chi connectivity index (χ3n) is 3.48. The lowest BCUT2D eigenvalue weighted by Crippen LogP contribution is -2.01. The number of fused-ring (bicyclic) bond motifs is 1. The van der Waals surface area contributed by atoms with Crippen LogP contribution >= 0.6 is 11.6 Å². The summed E-state index contributed by atoms with van der Waals surface area (Å²) in [7, 11) is 0. The number of nitrogens with zero attached hydrogens (tertiary/aromatic N) is 2. The molecule has 0 aliphatic carbocycles. The lowest BCUT2D eigenvalue weighted by Gasteiger charge is -2.11. The van der Waals surface area contributed by atoms with Gasteiger partial charge in [0.05, 0.1) is 16.4 Å². The van der Waals surface area contributed by atoms with Gasteiger partial charge in [0.15, 0.2) is 0 Å². The second-order valence-corrected chi connectivity index (χ2v) is 5.90. The van der Waals surface area contributed by atoms with Crippen molar-refractivity contribution < 1.29 is 0 Å². The largest absolute Gasteiger partial charge is 0.295 e. The summed E-state index contributed by atoms with van der Waals surface area (Å²) in [4.78, 5) is 4.70. The minimum atomic E-state index is -0.135. The van der Waals surface area contributed by atoms with Gasteiger partial charge in [-0.15, -0.1) is 11.6 Å². The van der Waals surface area contributed by atoms with Gasteiger partial charge >= 0.3 is 0 Å². The summed E-state index contributed by atoms with van der Waals surface area (Å²) in [5, 5.41) is -0.135. The molecule has 3 heteroatoms. The lowest BCUT2D eigenvalue weighted by molar-refractivity contribution is 0.882. The number of rotatable bonds is 2. The molecular weight excluding hydrogens is 268 g/mol. The first-order chi connectivity index (χ1) is 9.56. The Balaban J connectivity index is 2.31. The third-order valence-corrected chi connectivity index (χ3v) is 3.68. The van der Waals surface area contributed by atoms with Crippen molar-refractivity contribution in [1.82, 2.24) is 9.55 Å². The first-order valence-corrected chi connectivity index (χ1v) is 7.20. The van der Waals surface area contributed by atoms with E-state index >= 15 is 0 Å². The molecule has 0 saturated heterocycles. The molecule has 2 aromatic carbocycles. The van der Waals surface area contributed by atoms with E-state index in [0.717, 1.165) is 22.5 Å². The number of hydrogen-bond donors (Lipinski definition) is 0. The molecule has 1 unspecified atom stereocenters. The Bertz CT molecular complexity index is 755. The summed E-state index contributed by atoms with van der Waals surface area (Å²) in [5.41, 5.74) is 5.65. The summed E-state index contributed by atoms with van der Waals surface area (Å²) in [6, 6.07) is 14.8.